The van der Waals surface area contributed by atoms with Crippen molar-refractivity contribution in [2.75, 3.05) is 14.2 Å². The summed E-state index contributed by atoms with van der Waals surface area (Å²) >= 11 is 0. The van der Waals surface area contributed by atoms with Gasteiger partial charge in [0.25, 0.3) is 0 Å². The van der Waals surface area contributed by atoms with Crippen LogP contribution in [-0.2, 0) is 6.42 Å². The van der Waals surface area contributed by atoms with Crippen LogP contribution in [0.1, 0.15) is 12.5 Å². The van der Waals surface area contributed by atoms with Gasteiger partial charge in [-0.2, -0.15) is 0 Å². The van der Waals surface area contributed by atoms with E-state index in [4.69, 9.17) is 9.47 Å². The maximum atomic E-state index is 5.30. The van der Waals surface area contributed by atoms with Crippen LogP contribution in [0.25, 0.3) is 22.2 Å². The zero-order chi connectivity index (χ0) is 14.8. The Kier molecular flexibility index (Phi) is 3.57. The summed E-state index contributed by atoms with van der Waals surface area (Å²) in [5.41, 5.74) is 4.78. The first-order valence-corrected chi connectivity index (χ1v) is 7.09. The van der Waals surface area contributed by atoms with E-state index in [-0.39, 0.29) is 0 Å². The number of nitrogens with one attached hydrogen (secondary N) is 1. The van der Waals surface area contributed by atoms with Gasteiger partial charge >= 0.3 is 0 Å². The van der Waals surface area contributed by atoms with Crippen molar-refractivity contribution in [2.24, 2.45) is 0 Å². The van der Waals surface area contributed by atoms with Crippen LogP contribution in [-0.4, -0.2) is 19.2 Å². The molecule has 0 unspecified atom stereocenters. The number of hydrogen-bond donors (Lipinski definition) is 1. The Balaban J connectivity index is 2.16. The predicted molar refractivity (Wildman–Crippen MR) is 86.2 cm³/mol. The summed E-state index contributed by atoms with van der Waals surface area (Å²) in [5, 5.41) is 1.25. The minimum atomic E-state index is 0.868. The lowest BCUT2D eigenvalue weighted by Crippen LogP contribution is -1.86. The summed E-state index contributed by atoms with van der Waals surface area (Å²) < 4.78 is 10.5. The molecule has 108 valence electrons. The molecule has 1 aromatic heterocycles. The molecule has 0 saturated heterocycles. The lowest BCUT2D eigenvalue weighted by Gasteiger charge is -2.04. The SMILES string of the molecule is CCc1c(-c2ccc(OC)cc2)[nH]c2cc(OC)ccc12. The Bertz CT molecular complexity index is 757. The van der Waals surface area contributed by atoms with Crippen molar-refractivity contribution in [3.8, 4) is 22.8 Å². The second-order valence-electron chi connectivity index (χ2n) is 4.97. The Morgan fingerprint density at radius 3 is 2.19 bits per heavy atom. The van der Waals surface area contributed by atoms with Gasteiger partial charge in [-0.1, -0.05) is 6.92 Å². The molecule has 3 heteroatoms. The molecule has 0 aliphatic carbocycles. The van der Waals surface area contributed by atoms with Gasteiger partial charge in [0, 0.05) is 22.7 Å². The molecular formula is C18H19NO2. The molecule has 0 atom stereocenters. The zero-order valence-corrected chi connectivity index (χ0v) is 12.6. The van der Waals surface area contributed by atoms with Crippen LogP contribution in [0, 0.1) is 0 Å². The summed E-state index contributed by atoms with van der Waals surface area (Å²) in [6, 6.07) is 14.3. The lowest BCUT2D eigenvalue weighted by molar-refractivity contribution is 0.415. The Hall–Kier alpha value is -2.42. The quantitative estimate of drug-likeness (QED) is 0.768. The second kappa shape index (κ2) is 5.52. The van der Waals surface area contributed by atoms with E-state index >= 15 is 0 Å². The van der Waals surface area contributed by atoms with Crippen molar-refractivity contribution in [1.29, 1.82) is 0 Å². The van der Waals surface area contributed by atoms with Crippen LogP contribution in [0.3, 0.4) is 0 Å². The smallest absolute Gasteiger partial charge is 0.120 e. The molecular weight excluding hydrogens is 262 g/mol. The molecule has 0 saturated carbocycles. The molecule has 0 spiro atoms. The van der Waals surface area contributed by atoms with Gasteiger partial charge in [-0.25, -0.2) is 0 Å². The molecule has 1 heterocycles. The third-order valence-corrected chi connectivity index (χ3v) is 3.85. The van der Waals surface area contributed by atoms with Gasteiger partial charge in [0.2, 0.25) is 0 Å². The summed E-state index contributed by atoms with van der Waals surface area (Å²) in [7, 11) is 3.37. The van der Waals surface area contributed by atoms with Crippen molar-refractivity contribution >= 4 is 10.9 Å². The molecule has 3 rings (SSSR count). The highest BCUT2D eigenvalue weighted by Crippen LogP contribution is 2.33. The average molecular weight is 281 g/mol. The number of aromatic amines is 1. The van der Waals surface area contributed by atoms with E-state index in [1.165, 1.54) is 22.2 Å². The average Bonchev–Trinajstić information content (AvgIpc) is 2.92. The number of ether oxygens (including phenoxy) is 2. The van der Waals surface area contributed by atoms with Gasteiger partial charge < -0.3 is 14.5 Å². The topological polar surface area (TPSA) is 34.2 Å². The molecule has 0 bridgehead atoms. The monoisotopic (exact) mass is 281 g/mol. The van der Waals surface area contributed by atoms with Crippen molar-refractivity contribution in [3.63, 3.8) is 0 Å². The van der Waals surface area contributed by atoms with Gasteiger partial charge in [0.05, 0.1) is 14.2 Å². The number of aryl methyl sites for hydroxylation is 1. The maximum Gasteiger partial charge on any atom is 0.120 e. The first kappa shape index (κ1) is 13.6. The highest BCUT2D eigenvalue weighted by atomic mass is 16.5. The third kappa shape index (κ3) is 2.35. The number of rotatable bonds is 4. The van der Waals surface area contributed by atoms with Gasteiger partial charge in [-0.15, -0.1) is 0 Å². The van der Waals surface area contributed by atoms with E-state index < -0.39 is 0 Å². The van der Waals surface area contributed by atoms with E-state index in [9.17, 15) is 0 Å². The first-order valence-electron chi connectivity index (χ1n) is 7.09. The third-order valence-electron chi connectivity index (χ3n) is 3.85. The van der Waals surface area contributed by atoms with Crippen LogP contribution < -0.4 is 9.47 Å². The number of fused-ring (bicyclic) bond motifs is 1. The Morgan fingerprint density at radius 1 is 0.905 bits per heavy atom. The second-order valence-corrected chi connectivity index (χ2v) is 4.97. The van der Waals surface area contributed by atoms with E-state index in [0.29, 0.717) is 0 Å². The Morgan fingerprint density at radius 2 is 1.57 bits per heavy atom. The fraction of sp³-hybridized carbons (Fsp3) is 0.222. The fourth-order valence-electron chi connectivity index (χ4n) is 2.73. The minimum absolute atomic E-state index is 0.868. The normalized spacial score (nSPS) is 10.8. The van der Waals surface area contributed by atoms with Crippen LogP contribution in [0.2, 0.25) is 0 Å². The first-order chi connectivity index (χ1) is 10.3. The number of methoxy groups -OCH3 is 2. The van der Waals surface area contributed by atoms with Crippen molar-refractivity contribution in [2.45, 2.75) is 13.3 Å². The van der Waals surface area contributed by atoms with Gasteiger partial charge in [-0.3, -0.25) is 0 Å². The van der Waals surface area contributed by atoms with Gasteiger partial charge in [0.15, 0.2) is 0 Å². The van der Waals surface area contributed by atoms with E-state index in [2.05, 4.69) is 30.1 Å². The lowest BCUT2D eigenvalue weighted by atomic mass is 10.0. The fourth-order valence-corrected chi connectivity index (χ4v) is 2.73. The molecule has 3 aromatic rings. The summed E-state index contributed by atoms with van der Waals surface area (Å²) in [6.07, 6.45) is 0.980. The van der Waals surface area contributed by atoms with Crippen molar-refractivity contribution < 1.29 is 9.47 Å². The largest absolute Gasteiger partial charge is 0.497 e. The van der Waals surface area contributed by atoms with E-state index in [1.54, 1.807) is 14.2 Å². The predicted octanol–water partition coefficient (Wildman–Crippen LogP) is 4.41. The molecule has 0 aliphatic heterocycles. The Labute approximate surface area is 124 Å². The summed E-state index contributed by atoms with van der Waals surface area (Å²) in [4.78, 5) is 3.52. The molecule has 3 nitrogen and oxygen atoms in total. The summed E-state index contributed by atoms with van der Waals surface area (Å²) in [5.74, 6) is 1.74. The number of aromatic nitrogens is 1. The highest BCUT2D eigenvalue weighted by Gasteiger charge is 2.12. The molecule has 0 fully saturated rings. The molecule has 0 radical (unpaired) electrons. The van der Waals surface area contributed by atoms with Crippen molar-refractivity contribution in [1.82, 2.24) is 4.98 Å². The number of H-pyrrole nitrogens is 1. The van der Waals surface area contributed by atoms with Crippen LogP contribution in [0.15, 0.2) is 42.5 Å². The summed E-state index contributed by atoms with van der Waals surface area (Å²) in [6.45, 7) is 2.18. The minimum Gasteiger partial charge on any atom is -0.497 e. The molecule has 0 aliphatic rings. The standard InChI is InChI=1S/C18H19NO2/c1-4-15-16-10-9-14(21-3)11-17(16)19-18(15)12-5-7-13(20-2)8-6-12/h5-11,19H,4H2,1-3H3. The zero-order valence-electron chi connectivity index (χ0n) is 12.6. The van der Waals surface area contributed by atoms with Crippen LogP contribution in [0.5, 0.6) is 11.5 Å². The van der Waals surface area contributed by atoms with E-state index in [1.807, 2.05) is 24.3 Å². The highest BCUT2D eigenvalue weighted by molar-refractivity contribution is 5.91. The molecule has 21 heavy (non-hydrogen) atoms. The van der Waals surface area contributed by atoms with Crippen LogP contribution in [0.4, 0.5) is 0 Å². The van der Waals surface area contributed by atoms with Gasteiger partial charge in [-0.05, 0) is 53.9 Å². The van der Waals surface area contributed by atoms with Gasteiger partial charge in [0.1, 0.15) is 11.5 Å². The van der Waals surface area contributed by atoms with Crippen molar-refractivity contribution in [3.05, 3.63) is 48.0 Å². The number of benzene rings is 2. The van der Waals surface area contributed by atoms with Crippen LogP contribution >= 0.6 is 0 Å². The number of hydrogen-bond acceptors (Lipinski definition) is 2. The maximum absolute atomic E-state index is 5.30. The molecule has 0 amide bonds. The molecule has 2 aromatic carbocycles. The molecule has 1 N–H and O–H groups in total. The van der Waals surface area contributed by atoms with E-state index in [0.717, 1.165) is 23.4 Å².